The van der Waals surface area contributed by atoms with Gasteiger partial charge in [0.15, 0.2) is 17.3 Å². The molecule has 0 N–H and O–H groups in total. The van der Waals surface area contributed by atoms with Crippen molar-refractivity contribution >= 4 is 5.78 Å². The Morgan fingerprint density at radius 3 is 2.58 bits per heavy atom. The highest BCUT2D eigenvalue weighted by Gasteiger charge is 2.40. The van der Waals surface area contributed by atoms with E-state index in [1.165, 1.54) is 6.92 Å². The summed E-state index contributed by atoms with van der Waals surface area (Å²) in [6, 6.07) is 2.04. The van der Waals surface area contributed by atoms with Crippen molar-refractivity contribution < 1.29 is 31.8 Å². The van der Waals surface area contributed by atoms with Crippen molar-refractivity contribution in [2.24, 2.45) is 5.92 Å². The summed E-state index contributed by atoms with van der Waals surface area (Å²) < 4.78 is 64.2. The van der Waals surface area contributed by atoms with Crippen LogP contribution in [0.25, 0.3) is 0 Å². The molecule has 0 aromatic heterocycles. The van der Waals surface area contributed by atoms with Gasteiger partial charge in [-0.05, 0) is 37.8 Å². The molecular weight excluding hydrogens is 328 g/mol. The maximum atomic E-state index is 14.2. The smallest absolute Gasteiger partial charge is 0.420 e. The number of benzene rings is 1. The molecule has 0 spiro atoms. The maximum Gasteiger partial charge on any atom is 0.420 e. The molecule has 0 saturated carbocycles. The molecule has 24 heavy (non-hydrogen) atoms. The Morgan fingerprint density at radius 1 is 1.33 bits per heavy atom. The Labute approximate surface area is 137 Å². The van der Waals surface area contributed by atoms with Crippen LogP contribution >= 0.6 is 0 Å². The highest BCUT2D eigenvalue weighted by molar-refractivity contribution is 5.98. The van der Waals surface area contributed by atoms with Gasteiger partial charge >= 0.3 is 6.18 Å². The predicted molar refractivity (Wildman–Crippen MR) is 79.7 cm³/mol. The molecule has 1 aromatic rings. The third-order valence-corrected chi connectivity index (χ3v) is 4.00. The molecule has 7 heteroatoms. The van der Waals surface area contributed by atoms with E-state index in [0.717, 1.165) is 18.6 Å². The molecule has 134 valence electrons. The van der Waals surface area contributed by atoms with Crippen LogP contribution in [0, 0.1) is 11.7 Å². The third kappa shape index (κ3) is 4.26. The summed E-state index contributed by atoms with van der Waals surface area (Å²) >= 11 is 0. The minimum Gasteiger partial charge on any atom is -0.491 e. The summed E-state index contributed by atoms with van der Waals surface area (Å²) in [6.07, 6.45) is -4.15. The van der Waals surface area contributed by atoms with Gasteiger partial charge in [-0.1, -0.05) is 6.92 Å². The quantitative estimate of drug-likeness (QED) is 0.575. The first-order valence-electron chi connectivity index (χ1n) is 7.91. The highest BCUT2D eigenvalue weighted by Crippen LogP contribution is 2.38. The molecule has 0 amide bonds. The molecule has 1 heterocycles. The molecule has 1 aromatic carbocycles. The number of ether oxygens (including phenoxy) is 2. The van der Waals surface area contributed by atoms with Crippen molar-refractivity contribution in [3.63, 3.8) is 0 Å². The number of ketones is 1. The van der Waals surface area contributed by atoms with Crippen molar-refractivity contribution in [2.75, 3.05) is 13.2 Å². The molecule has 1 fully saturated rings. The molecule has 1 aliphatic rings. The summed E-state index contributed by atoms with van der Waals surface area (Å²) in [5, 5.41) is 0. The van der Waals surface area contributed by atoms with Crippen molar-refractivity contribution in [1.82, 2.24) is 0 Å². The lowest BCUT2D eigenvalue weighted by atomic mass is 9.93. The van der Waals surface area contributed by atoms with E-state index in [1.807, 2.05) is 6.92 Å². The Kier molecular flexibility index (Phi) is 5.85. The van der Waals surface area contributed by atoms with Crippen molar-refractivity contribution in [1.29, 1.82) is 0 Å². The number of rotatable bonds is 5. The molecule has 3 nitrogen and oxygen atoms in total. The van der Waals surface area contributed by atoms with Crippen LogP contribution in [-0.4, -0.2) is 25.1 Å². The summed E-state index contributed by atoms with van der Waals surface area (Å²) in [5.74, 6) is -2.47. The molecule has 1 aliphatic heterocycles. The molecule has 2 atom stereocenters. The van der Waals surface area contributed by atoms with E-state index < -0.39 is 40.8 Å². The van der Waals surface area contributed by atoms with Gasteiger partial charge in [-0.25, -0.2) is 4.39 Å². The van der Waals surface area contributed by atoms with E-state index in [9.17, 15) is 22.4 Å². The highest BCUT2D eigenvalue weighted by atomic mass is 19.4. The average Bonchev–Trinajstić information content (AvgIpc) is 2.50. The van der Waals surface area contributed by atoms with Gasteiger partial charge in [0.05, 0.1) is 12.7 Å². The number of halogens is 4. The van der Waals surface area contributed by atoms with Crippen LogP contribution in [0.2, 0.25) is 0 Å². The van der Waals surface area contributed by atoms with Crippen LogP contribution < -0.4 is 4.74 Å². The van der Waals surface area contributed by atoms with Crippen molar-refractivity contribution in [3.05, 3.63) is 29.1 Å². The van der Waals surface area contributed by atoms with Crippen LogP contribution in [0.1, 0.15) is 49.0 Å². The number of alkyl halides is 3. The van der Waals surface area contributed by atoms with E-state index in [2.05, 4.69) is 0 Å². The number of carbonyl (C=O) groups excluding carboxylic acids is 1. The molecule has 2 rings (SSSR count). The van der Waals surface area contributed by atoms with Gasteiger partial charge in [0.25, 0.3) is 0 Å². The van der Waals surface area contributed by atoms with Crippen LogP contribution in [0.5, 0.6) is 5.75 Å². The van der Waals surface area contributed by atoms with Crippen LogP contribution in [0.4, 0.5) is 17.6 Å². The fraction of sp³-hybridized carbons (Fsp3) is 0.588. The zero-order chi connectivity index (χ0) is 17.9. The second kappa shape index (κ2) is 7.51. The number of hydrogen-bond acceptors (Lipinski definition) is 3. The monoisotopic (exact) mass is 348 g/mol. The van der Waals surface area contributed by atoms with Gasteiger partial charge in [0.1, 0.15) is 5.56 Å². The van der Waals surface area contributed by atoms with Gasteiger partial charge in [-0.15, -0.1) is 0 Å². The molecule has 1 saturated heterocycles. The van der Waals surface area contributed by atoms with Crippen LogP contribution in [0.15, 0.2) is 12.1 Å². The first-order chi connectivity index (χ1) is 11.2. The summed E-state index contributed by atoms with van der Waals surface area (Å²) in [5.41, 5.74) is -2.24. The zero-order valence-electron chi connectivity index (χ0n) is 13.6. The molecule has 0 aliphatic carbocycles. The first kappa shape index (κ1) is 18.7. The lowest BCUT2D eigenvalue weighted by molar-refractivity contribution is -0.140. The summed E-state index contributed by atoms with van der Waals surface area (Å²) in [6.45, 7) is 4.03. The Morgan fingerprint density at radius 2 is 2.04 bits per heavy atom. The summed E-state index contributed by atoms with van der Waals surface area (Å²) in [7, 11) is 0. The fourth-order valence-electron chi connectivity index (χ4n) is 2.75. The lowest BCUT2D eigenvalue weighted by Gasteiger charge is -2.26. The number of Topliss-reactive ketones (excluding diaryl/α,β-unsaturated/α-hetero) is 1. The van der Waals surface area contributed by atoms with Gasteiger partial charge < -0.3 is 9.47 Å². The van der Waals surface area contributed by atoms with Gasteiger partial charge in [0, 0.05) is 18.6 Å². The van der Waals surface area contributed by atoms with E-state index in [-0.39, 0.29) is 13.0 Å². The predicted octanol–water partition coefficient (Wildman–Crippen LogP) is 4.63. The molecule has 0 bridgehead atoms. The molecule has 0 radical (unpaired) electrons. The molecular formula is C17H20F4O3. The van der Waals surface area contributed by atoms with Crippen LogP contribution in [-0.2, 0) is 10.9 Å². The normalized spacial score (nSPS) is 21.6. The van der Waals surface area contributed by atoms with Crippen LogP contribution in [0.3, 0.4) is 0 Å². The standard InChI is InChI=1S/C17H20F4O3/c1-3-23-14-7-6-12(15(16(14)18)17(19,20)21)13(22)8-11-5-4-10(2)9-24-11/h6-7,10-11H,3-5,8-9H2,1-2H3. The van der Waals surface area contributed by atoms with E-state index >= 15 is 0 Å². The van der Waals surface area contributed by atoms with Gasteiger partial charge in [-0.2, -0.15) is 13.2 Å². The summed E-state index contributed by atoms with van der Waals surface area (Å²) in [4.78, 5) is 12.3. The Hall–Kier alpha value is -1.63. The number of hydrogen-bond donors (Lipinski definition) is 0. The third-order valence-electron chi connectivity index (χ3n) is 4.00. The zero-order valence-corrected chi connectivity index (χ0v) is 13.6. The number of carbonyl (C=O) groups is 1. The minimum atomic E-state index is -4.98. The fourth-order valence-corrected chi connectivity index (χ4v) is 2.75. The van der Waals surface area contributed by atoms with E-state index in [1.54, 1.807) is 0 Å². The minimum absolute atomic E-state index is 0.0234. The second-order valence-electron chi connectivity index (χ2n) is 6.00. The van der Waals surface area contributed by atoms with Crippen molar-refractivity contribution in [2.45, 2.75) is 45.4 Å². The van der Waals surface area contributed by atoms with Crippen molar-refractivity contribution in [3.8, 4) is 5.75 Å². The first-order valence-corrected chi connectivity index (χ1v) is 7.91. The maximum absolute atomic E-state index is 14.2. The molecule has 2 unspecified atom stereocenters. The van der Waals surface area contributed by atoms with Gasteiger partial charge in [0.2, 0.25) is 0 Å². The van der Waals surface area contributed by atoms with Gasteiger partial charge in [-0.3, -0.25) is 4.79 Å². The van der Waals surface area contributed by atoms with E-state index in [0.29, 0.717) is 18.9 Å². The lowest BCUT2D eigenvalue weighted by Crippen LogP contribution is -2.27. The average molecular weight is 348 g/mol. The topological polar surface area (TPSA) is 35.5 Å². The second-order valence-corrected chi connectivity index (χ2v) is 6.00. The van der Waals surface area contributed by atoms with E-state index in [4.69, 9.17) is 9.47 Å². The largest absolute Gasteiger partial charge is 0.491 e. The Bertz CT molecular complexity index is 590. The Balaban J connectivity index is 2.28. The SMILES string of the molecule is CCOc1ccc(C(=O)CC2CCC(C)CO2)c(C(F)(F)F)c1F.